The van der Waals surface area contributed by atoms with Gasteiger partial charge in [0.05, 0.1) is 16.7 Å². The topological polar surface area (TPSA) is 137 Å². The van der Waals surface area contributed by atoms with Crippen LogP contribution in [-0.2, 0) is 0 Å². The zero-order valence-corrected chi connectivity index (χ0v) is 19.5. The fourth-order valence-electron chi connectivity index (χ4n) is 2.76. The Labute approximate surface area is 192 Å². The Morgan fingerprint density at radius 3 is 2.19 bits per heavy atom. The molecule has 4 amide bonds. The van der Waals surface area contributed by atoms with Crippen LogP contribution in [0.25, 0.3) is 0 Å². The van der Waals surface area contributed by atoms with E-state index in [4.69, 9.17) is 0 Å². The van der Waals surface area contributed by atoms with Gasteiger partial charge in [-0.25, -0.2) is 4.79 Å². The van der Waals surface area contributed by atoms with E-state index in [1.807, 2.05) is 14.1 Å². The number of nitroso groups, excluding NO2 is 1. The van der Waals surface area contributed by atoms with Crippen LogP contribution in [-0.4, -0.2) is 91.0 Å². The van der Waals surface area contributed by atoms with E-state index in [1.165, 1.54) is 24.2 Å². The summed E-state index contributed by atoms with van der Waals surface area (Å²) < 4.78 is 0. The van der Waals surface area contributed by atoms with Crippen molar-refractivity contribution in [3.05, 3.63) is 40.8 Å². The van der Waals surface area contributed by atoms with E-state index in [2.05, 4.69) is 25.5 Å². The summed E-state index contributed by atoms with van der Waals surface area (Å²) in [5.41, 5.74) is 1.42. The number of anilines is 2. The predicted octanol–water partition coefficient (Wildman–Crippen LogP) is 2.21. The molecule has 0 aliphatic heterocycles. The summed E-state index contributed by atoms with van der Waals surface area (Å²) in [5, 5.41) is 5.52. The molecule has 0 unspecified atom stereocenters. The highest BCUT2D eigenvalue weighted by Crippen LogP contribution is 2.19. The number of rotatable bonds is 9. The highest BCUT2D eigenvalue weighted by Gasteiger charge is 2.20. The predicted molar refractivity (Wildman–Crippen MR) is 124 cm³/mol. The summed E-state index contributed by atoms with van der Waals surface area (Å²) in [6, 6.07) is 2.32. The van der Waals surface area contributed by atoms with E-state index < -0.39 is 6.03 Å². The molecule has 0 saturated heterocycles. The average molecular weight is 469 g/mol. The molecule has 0 fully saturated rings. The maximum atomic E-state index is 12.7. The van der Waals surface area contributed by atoms with Gasteiger partial charge in [0.1, 0.15) is 11.4 Å². The van der Waals surface area contributed by atoms with Gasteiger partial charge in [-0.3, -0.25) is 9.59 Å². The number of aromatic nitrogens is 2. The molecule has 2 aromatic rings. The van der Waals surface area contributed by atoms with Crippen LogP contribution < -0.4 is 10.2 Å². The summed E-state index contributed by atoms with van der Waals surface area (Å²) >= 11 is 0. The van der Waals surface area contributed by atoms with E-state index >= 15 is 0 Å². The highest BCUT2D eigenvalue weighted by atomic mass is 35.5. The number of hydrogen-bond donors (Lipinski definition) is 3. The smallest absolute Gasteiger partial charge is 0.344 e. The Kier molecular flexibility index (Phi) is 9.88. The number of hydrogen-bond acceptors (Lipinski definition) is 6. The van der Waals surface area contributed by atoms with Crippen molar-refractivity contribution >= 4 is 41.6 Å². The SMILES string of the molecule is CN(C)CCCN(C)C(=O)c1cc(N(C)C(=O)c2cc(NC(=O)N(C)N=O)c[nH]2)c[nH]1.Cl. The van der Waals surface area contributed by atoms with Gasteiger partial charge in [-0.2, -0.15) is 5.01 Å². The lowest BCUT2D eigenvalue weighted by Crippen LogP contribution is -2.30. The largest absolute Gasteiger partial charge is 0.355 e. The molecular weight excluding hydrogens is 440 g/mol. The molecule has 0 aromatic carbocycles. The van der Waals surface area contributed by atoms with Crippen LogP contribution >= 0.6 is 12.4 Å². The lowest BCUT2D eigenvalue weighted by atomic mass is 10.3. The van der Waals surface area contributed by atoms with Gasteiger partial charge < -0.3 is 30.0 Å². The number of aromatic amines is 2. The first kappa shape index (κ1) is 26.7. The van der Waals surface area contributed by atoms with E-state index in [9.17, 15) is 19.3 Å². The summed E-state index contributed by atoms with van der Waals surface area (Å²) in [7, 11) is 8.48. The van der Waals surface area contributed by atoms with Crippen molar-refractivity contribution in [2.45, 2.75) is 6.42 Å². The maximum absolute atomic E-state index is 12.7. The molecule has 3 N–H and O–H groups in total. The first-order valence-electron chi connectivity index (χ1n) is 9.57. The standard InChI is InChI=1S/C19H28N8O4.ClH/c1-24(2)7-6-8-25(3)17(28)16-10-14(12-21-16)26(4)18(29)15-9-13(11-20-15)22-19(30)27(5)23-31;/h9-12,20-21H,6-8H2,1-5H3,(H,22,30);1H. The summed E-state index contributed by atoms with van der Waals surface area (Å²) in [6.07, 6.45) is 3.85. The lowest BCUT2D eigenvalue weighted by Gasteiger charge is -2.18. The van der Waals surface area contributed by atoms with Gasteiger partial charge in [0, 0.05) is 40.1 Å². The zero-order valence-electron chi connectivity index (χ0n) is 18.7. The molecule has 2 heterocycles. The molecule has 0 bridgehead atoms. The molecule has 32 heavy (non-hydrogen) atoms. The fourth-order valence-corrected chi connectivity index (χ4v) is 2.76. The molecule has 2 aromatic heterocycles. The first-order chi connectivity index (χ1) is 14.6. The Morgan fingerprint density at radius 1 is 0.938 bits per heavy atom. The van der Waals surface area contributed by atoms with Gasteiger partial charge in [-0.05, 0) is 39.2 Å². The molecule has 0 saturated carbocycles. The third-order valence-electron chi connectivity index (χ3n) is 4.62. The Balaban J connectivity index is 0.00000512. The lowest BCUT2D eigenvalue weighted by molar-refractivity contribution is 0.0785. The van der Waals surface area contributed by atoms with Crippen molar-refractivity contribution in [3.8, 4) is 0 Å². The molecule has 13 heteroatoms. The summed E-state index contributed by atoms with van der Waals surface area (Å²) in [6.45, 7) is 1.50. The second-order valence-electron chi connectivity index (χ2n) is 7.36. The number of nitrogens with one attached hydrogen (secondary N) is 3. The Hall–Kier alpha value is -3.38. The van der Waals surface area contributed by atoms with Gasteiger partial charge in [0.2, 0.25) is 0 Å². The Bertz CT molecular complexity index is 941. The van der Waals surface area contributed by atoms with Crippen molar-refractivity contribution < 1.29 is 14.4 Å². The van der Waals surface area contributed by atoms with E-state index in [0.29, 0.717) is 28.6 Å². The number of nitrogens with zero attached hydrogens (tertiary/aromatic N) is 5. The average Bonchev–Trinajstić information content (AvgIpc) is 3.41. The molecule has 0 spiro atoms. The molecule has 0 atom stereocenters. The third kappa shape index (κ3) is 6.82. The molecule has 0 aliphatic carbocycles. The quantitative estimate of drug-likeness (QED) is 0.382. The van der Waals surface area contributed by atoms with Crippen molar-refractivity contribution in [1.29, 1.82) is 0 Å². The minimum atomic E-state index is -0.732. The molecule has 12 nitrogen and oxygen atoms in total. The monoisotopic (exact) mass is 468 g/mol. The molecular formula is C19H29ClN8O4. The maximum Gasteiger partial charge on any atom is 0.344 e. The van der Waals surface area contributed by atoms with Gasteiger partial charge in [0.25, 0.3) is 11.8 Å². The second-order valence-corrected chi connectivity index (χ2v) is 7.36. The van der Waals surface area contributed by atoms with Crippen LogP contribution in [0.4, 0.5) is 16.2 Å². The highest BCUT2D eigenvalue weighted by molar-refractivity contribution is 6.06. The molecule has 0 radical (unpaired) electrons. The van der Waals surface area contributed by atoms with E-state index in [-0.39, 0.29) is 29.9 Å². The molecule has 0 aliphatic rings. The van der Waals surface area contributed by atoms with Crippen LogP contribution in [0.2, 0.25) is 0 Å². The summed E-state index contributed by atoms with van der Waals surface area (Å²) in [4.78, 5) is 58.1. The minimum absolute atomic E-state index is 0. The molecule has 2 rings (SSSR count). The minimum Gasteiger partial charge on any atom is -0.355 e. The van der Waals surface area contributed by atoms with Crippen molar-refractivity contribution in [2.24, 2.45) is 5.29 Å². The van der Waals surface area contributed by atoms with Gasteiger partial charge in [-0.15, -0.1) is 17.3 Å². The van der Waals surface area contributed by atoms with E-state index in [1.54, 1.807) is 31.3 Å². The van der Waals surface area contributed by atoms with Crippen LogP contribution in [0.15, 0.2) is 29.8 Å². The number of carbonyl (C=O) groups is 3. The number of amides is 4. The number of carbonyl (C=O) groups excluding carboxylic acids is 3. The van der Waals surface area contributed by atoms with Crippen LogP contribution in [0, 0.1) is 4.91 Å². The normalized spacial score (nSPS) is 10.3. The van der Waals surface area contributed by atoms with Gasteiger partial charge >= 0.3 is 6.03 Å². The van der Waals surface area contributed by atoms with Gasteiger partial charge in [-0.1, -0.05) is 0 Å². The van der Waals surface area contributed by atoms with Crippen LogP contribution in [0.1, 0.15) is 27.4 Å². The Morgan fingerprint density at radius 2 is 1.56 bits per heavy atom. The molecule has 176 valence electrons. The third-order valence-corrected chi connectivity index (χ3v) is 4.62. The van der Waals surface area contributed by atoms with Gasteiger partial charge in [0.15, 0.2) is 0 Å². The fraction of sp³-hybridized carbons (Fsp3) is 0.421. The zero-order chi connectivity index (χ0) is 23.1. The van der Waals surface area contributed by atoms with Crippen molar-refractivity contribution in [3.63, 3.8) is 0 Å². The number of H-pyrrole nitrogens is 2. The number of urea groups is 1. The van der Waals surface area contributed by atoms with E-state index in [0.717, 1.165) is 13.0 Å². The van der Waals surface area contributed by atoms with Crippen molar-refractivity contribution in [2.75, 3.05) is 58.5 Å². The van der Waals surface area contributed by atoms with Crippen LogP contribution in [0.3, 0.4) is 0 Å². The number of halogens is 1. The summed E-state index contributed by atoms with van der Waals surface area (Å²) in [5.74, 6) is -0.539. The van der Waals surface area contributed by atoms with Crippen LogP contribution in [0.5, 0.6) is 0 Å². The first-order valence-corrected chi connectivity index (χ1v) is 9.57. The second kappa shape index (κ2) is 11.9. The van der Waals surface area contributed by atoms with Crippen molar-refractivity contribution in [1.82, 2.24) is 24.8 Å².